The van der Waals surface area contributed by atoms with Gasteiger partial charge in [0.2, 0.25) is 10.0 Å². The van der Waals surface area contributed by atoms with Crippen LogP contribution in [0.5, 0.6) is 0 Å². The summed E-state index contributed by atoms with van der Waals surface area (Å²) in [5.74, 6) is -0.914. The zero-order chi connectivity index (χ0) is 20.2. The van der Waals surface area contributed by atoms with E-state index in [1.807, 2.05) is 27.7 Å². The Labute approximate surface area is 161 Å². The standard InChI is InChI=1S/C19H28N2O5S/c1-14(2)21(15(3)4)18(22)13-26-19(23)16-7-9-17(10-8-16)27(24,25)20-11-5-6-12-20/h7-10,14-15H,5-6,11-13H2,1-4H3. The molecule has 0 radical (unpaired) electrons. The Hall–Kier alpha value is -1.93. The van der Waals surface area contributed by atoms with Crippen LogP contribution in [0, 0.1) is 0 Å². The van der Waals surface area contributed by atoms with Crippen molar-refractivity contribution >= 4 is 21.9 Å². The second-order valence-electron chi connectivity index (χ2n) is 7.20. The van der Waals surface area contributed by atoms with Crippen LogP contribution in [0.2, 0.25) is 0 Å². The molecule has 0 aliphatic carbocycles. The normalized spacial score (nSPS) is 15.3. The first-order valence-electron chi connectivity index (χ1n) is 9.23. The highest BCUT2D eigenvalue weighted by Gasteiger charge is 2.27. The minimum atomic E-state index is -3.52. The van der Waals surface area contributed by atoms with Crippen LogP contribution in [-0.2, 0) is 19.6 Å². The molecule has 1 heterocycles. The Balaban J connectivity index is 2.00. The van der Waals surface area contributed by atoms with Crippen molar-refractivity contribution in [2.45, 2.75) is 57.5 Å². The number of benzene rings is 1. The molecule has 0 aromatic heterocycles. The van der Waals surface area contributed by atoms with E-state index in [1.54, 1.807) is 4.90 Å². The fourth-order valence-corrected chi connectivity index (χ4v) is 4.82. The van der Waals surface area contributed by atoms with Gasteiger partial charge in [-0.15, -0.1) is 0 Å². The van der Waals surface area contributed by atoms with Crippen LogP contribution < -0.4 is 0 Å². The fraction of sp³-hybridized carbons (Fsp3) is 0.579. The van der Waals surface area contributed by atoms with E-state index in [-0.39, 0.29) is 35.1 Å². The van der Waals surface area contributed by atoms with Gasteiger partial charge in [0.25, 0.3) is 5.91 Å². The Morgan fingerprint density at radius 2 is 1.56 bits per heavy atom. The van der Waals surface area contributed by atoms with Crippen LogP contribution in [-0.4, -0.2) is 61.3 Å². The molecule has 8 heteroatoms. The highest BCUT2D eigenvalue weighted by atomic mass is 32.2. The molecule has 0 unspecified atom stereocenters. The highest BCUT2D eigenvalue weighted by Crippen LogP contribution is 2.21. The van der Waals surface area contributed by atoms with Crippen molar-refractivity contribution in [3.8, 4) is 0 Å². The van der Waals surface area contributed by atoms with Crippen LogP contribution in [0.4, 0.5) is 0 Å². The van der Waals surface area contributed by atoms with Gasteiger partial charge in [-0.05, 0) is 64.8 Å². The van der Waals surface area contributed by atoms with E-state index in [0.717, 1.165) is 12.8 Å². The van der Waals surface area contributed by atoms with Gasteiger partial charge in [-0.1, -0.05) is 0 Å². The Morgan fingerprint density at radius 3 is 2.04 bits per heavy atom. The lowest BCUT2D eigenvalue weighted by Crippen LogP contribution is -2.44. The fourth-order valence-electron chi connectivity index (χ4n) is 3.30. The van der Waals surface area contributed by atoms with Gasteiger partial charge < -0.3 is 9.64 Å². The van der Waals surface area contributed by atoms with E-state index in [9.17, 15) is 18.0 Å². The molecule has 1 aromatic rings. The average molecular weight is 397 g/mol. The number of hydrogen-bond donors (Lipinski definition) is 0. The Bertz CT molecular complexity index is 758. The maximum absolute atomic E-state index is 12.5. The summed E-state index contributed by atoms with van der Waals surface area (Å²) in [6, 6.07) is 5.65. The lowest BCUT2D eigenvalue weighted by atomic mass is 10.2. The highest BCUT2D eigenvalue weighted by molar-refractivity contribution is 7.89. The first-order valence-corrected chi connectivity index (χ1v) is 10.7. The third-order valence-electron chi connectivity index (χ3n) is 4.52. The number of nitrogens with zero attached hydrogens (tertiary/aromatic N) is 2. The van der Waals surface area contributed by atoms with E-state index in [2.05, 4.69) is 0 Å². The minimum Gasteiger partial charge on any atom is -0.452 e. The molecular weight excluding hydrogens is 368 g/mol. The number of esters is 1. The maximum atomic E-state index is 12.5. The molecule has 1 aromatic carbocycles. The average Bonchev–Trinajstić information content (AvgIpc) is 3.14. The lowest BCUT2D eigenvalue weighted by molar-refractivity contribution is -0.138. The number of carbonyl (C=O) groups is 2. The van der Waals surface area contributed by atoms with E-state index in [1.165, 1.54) is 28.6 Å². The summed E-state index contributed by atoms with van der Waals surface area (Å²) in [6.07, 6.45) is 1.73. The summed E-state index contributed by atoms with van der Waals surface area (Å²) in [5.41, 5.74) is 0.212. The van der Waals surface area contributed by atoms with Crippen molar-refractivity contribution in [1.29, 1.82) is 0 Å². The van der Waals surface area contributed by atoms with Crippen molar-refractivity contribution in [2.75, 3.05) is 19.7 Å². The summed E-state index contributed by atoms with van der Waals surface area (Å²) < 4.78 is 31.5. The minimum absolute atomic E-state index is 0.00581. The number of carbonyl (C=O) groups excluding carboxylic acids is 2. The van der Waals surface area contributed by atoms with E-state index in [4.69, 9.17) is 4.74 Å². The van der Waals surface area contributed by atoms with Crippen molar-refractivity contribution in [2.24, 2.45) is 0 Å². The molecule has 2 rings (SSSR count). The van der Waals surface area contributed by atoms with Crippen molar-refractivity contribution in [3.05, 3.63) is 29.8 Å². The molecule has 1 aliphatic rings. The van der Waals surface area contributed by atoms with Crippen LogP contribution >= 0.6 is 0 Å². The summed E-state index contributed by atoms with van der Waals surface area (Å²) in [5, 5.41) is 0. The quantitative estimate of drug-likeness (QED) is 0.660. The van der Waals surface area contributed by atoms with Crippen LogP contribution in [0.25, 0.3) is 0 Å². The maximum Gasteiger partial charge on any atom is 0.338 e. The second-order valence-corrected chi connectivity index (χ2v) is 9.14. The largest absolute Gasteiger partial charge is 0.452 e. The van der Waals surface area contributed by atoms with Crippen molar-refractivity contribution in [1.82, 2.24) is 9.21 Å². The molecule has 0 bridgehead atoms. The van der Waals surface area contributed by atoms with Gasteiger partial charge in [-0.3, -0.25) is 4.79 Å². The third kappa shape index (κ3) is 5.07. The van der Waals surface area contributed by atoms with Gasteiger partial charge in [-0.25, -0.2) is 13.2 Å². The van der Waals surface area contributed by atoms with Gasteiger partial charge in [-0.2, -0.15) is 4.31 Å². The van der Waals surface area contributed by atoms with E-state index in [0.29, 0.717) is 13.1 Å². The second kappa shape index (κ2) is 8.84. The molecule has 0 N–H and O–H groups in total. The monoisotopic (exact) mass is 396 g/mol. The molecule has 1 fully saturated rings. The van der Waals surface area contributed by atoms with Gasteiger partial charge in [0, 0.05) is 25.2 Å². The smallest absolute Gasteiger partial charge is 0.338 e. The van der Waals surface area contributed by atoms with Gasteiger partial charge in [0.05, 0.1) is 10.5 Å². The zero-order valence-corrected chi connectivity index (χ0v) is 17.2. The molecule has 0 spiro atoms. The molecule has 27 heavy (non-hydrogen) atoms. The summed E-state index contributed by atoms with van der Waals surface area (Å²) in [6.45, 7) is 8.31. The first kappa shape index (κ1) is 21.4. The van der Waals surface area contributed by atoms with E-state index < -0.39 is 16.0 Å². The Kier molecular flexibility index (Phi) is 7.00. The van der Waals surface area contributed by atoms with Gasteiger partial charge in [0.1, 0.15) is 0 Å². The van der Waals surface area contributed by atoms with Crippen molar-refractivity contribution in [3.63, 3.8) is 0 Å². The van der Waals surface area contributed by atoms with Crippen molar-refractivity contribution < 1.29 is 22.7 Å². The topological polar surface area (TPSA) is 84.0 Å². The number of sulfonamides is 1. The Morgan fingerprint density at radius 1 is 1.04 bits per heavy atom. The molecule has 150 valence electrons. The zero-order valence-electron chi connectivity index (χ0n) is 16.3. The SMILES string of the molecule is CC(C)N(C(=O)COC(=O)c1ccc(S(=O)(=O)N2CCCC2)cc1)C(C)C. The molecule has 1 amide bonds. The number of amides is 1. The predicted octanol–water partition coefficient (Wildman–Crippen LogP) is 2.27. The number of rotatable bonds is 7. The predicted molar refractivity (Wildman–Crippen MR) is 102 cm³/mol. The number of ether oxygens (including phenoxy) is 1. The number of hydrogen-bond acceptors (Lipinski definition) is 5. The van der Waals surface area contributed by atoms with Crippen LogP contribution in [0.15, 0.2) is 29.2 Å². The molecule has 1 aliphatic heterocycles. The molecule has 7 nitrogen and oxygen atoms in total. The van der Waals surface area contributed by atoms with E-state index >= 15 is 0 Å². The van der Waals surface area contributed by atoms with Gasteiger partial charge >= 0.3 is 5.97 Å². The third-order valence-corrected chi connectivity index (χ3v) is 6.43. The molecule has 1 saturated heterocycles. The summed E-state index contributed by atoms with van der Waals surface area (Å²) in [7, 11) is -3.52. The molecule has 0 atom stereocenters. The summed E-state index contributed by atoms with van der Waals surface area (Å²) >= 11 is 0. The van der Waals surface area contributed by atoms with Gasteiger partial charge in [0.15, 0.2) is 6.61 Å². The lowest BCUT2D eigenvalue weighted by Gasteiger charge is -2.30. The van der Waals surface area contributed by atoms with Crippen LogP contribution in [0.3, 0.4) is 0 Å². The summed E-state index contributed by atoms with van der Waals surface area (Å²) in [4.78, 5) is 26.2. The molecule has 0 saturated carbocycles. The van der Waals surface area contributed by atoms with Crippen LogP contribution in [0.1, 0.15) is 50.9 Å². The molecular formula is C19H28N2O5S. The first-order chi connectivity index (χ1) is 12.6.